The van der Waals surface area contributed by atoms with E-state index in [1.54, 1.807) is 36.0 Å². The molecule has 0 spiro atoms. The molecule has 1 aliphatic carbocycles. The van der Waals surface area contributed by atoms with E-state index in [-0.39, 0.29) is 17.4 Å². The number of thioether (sulfide) groups is 1. The van der Waals surface area contributed by atoms with E-state index in [1.807, 2.05) is 30.3 Å². The van der Waals surface area contributed by atoms with Gasteiger partial charge in [0.05, 0.1) is 11.1 Å². The van der Waals surface area contributed by atoms with Gasteiger partial charge in [-0.1, -0.05) is 23.5 Å². The molecule has 0 aliphatic heterocycles. The topological polar surface area (TPSA) is 41.6 Å². The number of rotatable bonds is 6. The second-order valence-corrected chi connectivity index (χ2v) is 9.28. The lowest BCUT2D eigenvalue weighted by Gasteiger charge is -2.10. The van der Waals surface area contributed by atoms with Crippen molar-refractivity contribution in [1.82, 2.24) is 0 Å². The van der Waals surface area contributed by atoms with E-state index in [0.29, 0.717) is 28.9 Å². The van der Waals surface area contributed by atoms with Crippen molar-refractivity contribution >= 4 is 29.3 Å². The second-order valence-electron chi connectivity index (χ2n) is 6.96. The molecule has 0 radical (unpaired) electrons. The van der Waals surface area contributed by atoms with Crippen LogP contribution < -0.4 is 0 Å². The first kappa shape index (κ1) is 21.4. The number of phenolic OH excluding ortho intramolecular Hbond substituents is 1. The van der Waals surface area contributed by atoms with Crippen molar-refractivity contribution in [3.8, 4) is 5.75 Å². The monoisotopic (exact) mass is 453 g/mol. The Labute approximate surface area is 187 Å². The second kappa shape index (κ2) is 9.54. The molecule has 0 unspecified atom stereocenters. The molecule has 1 aliphatic rings. The summed E-state index contributed by atoms with van der Waals surface area (Å²) in [4.78, 5) is 13.9. The van der Waals surface area contributed by atoms with Crippen LogP contribution in [0.3, 0.4) is 0 Å². The lowest BCUT2D eigenvalue weighted by Crippen LogP contribution is -2.03. The average molecular weight is 454 g/mol. The first-order valence-corrected chi connectivity index (χ1v) is 11.3. The zero-order valence-electron chi connectivity index (χ0n) is 16.4. The number of halogens is 2. The zero-order chi connectivity index (χ0) is 21.8. The van der Waals surface area contributed by atoms with Crippen LogP contribution in [0.2, 0.25) is 0 Å². The maximum atomic E-state index is 14.7. The summed E-state index contributed by atoms with van der Waals surface area (Å²) in [6.45, 7) is 0. The highest BCUT2D eigenvalue weighted by atomic mass is 32.2. The molecule has 3 aromatic carbocycles. The summed E-state index contributed by atoms with van der Waals surface area (Å²) >= 11 is 2.91. The number of aromatic hydroxyl groups is 1. The number of hydrogen-bond donors (Lipinski definition) is 1. The fraction of sp³-hybridized carbons (Fsp3) is 0.0800. The fourth-order valence-corrected chi connectivity index (χ4v) is 4.78. The molecule has 156 valence electrons. The third kappa shape index (κ3) is 5.46. The third-order valence-corrected chi connectivity index (χ3v) is 6.88. The Balaban J connectivity index is 1.43. The Morgan fingerprint density at radius 1 is 0.774 bits per heavy atom. The molecule has 0 atom stereocenters. The number of carbonyl (C=O) groups excluding carboxylic acids is 1. The van der Waals surface area contributed by atoms with Gasteiger partial charge in [0.2, 0.25) is 0 Å². The number of benzene rings is 3. The number of allylic oxidation sites excluding steroid dienone is 4. The largest absolute Gasteiger partial charge is 0.508 e. The Kier molecular flexibility index (Phi) is 6.59. The maximum Gasteiger partial charge on any atom is 0.354 e. The first-order valence-electron chi connectivity index (χ1n) is 9.64. The zero-order valence-corrected chi connectivity index (χ0v) is 18.0. The van der Waals surface area contributed by atoms with Crippen molar-refractivity contribution in [1.29, 1.82) is 0 Å². The molecule has 4 rings (SSSR count). The highest BCUT2D eigenvalue weighted by molar-refractivity contribution is 8.03. The standard InChI is InChI=1S/C25H18F2O2S2/c26-18-4-8-20(9-5-18)30-21-10-12-22(13-11-21)31-24-14-3-17(15-23(24)27)25(29)16-1-6-19(28)7-2-16/h1-4,6-8,10-15,28H,5,9H2/p+1. The molecule has 2 nitrogen and oxygen atoms in total. The van der Waals surface area contributed by atoms with E-state index in [2.05, 4.69) is 0 Å². The molecule has 2 N–H and O–H groups in total. The number of phenols is 1. The minimum Gasteiger partial charge on any atom is -0.508 e. The summed E-state index contributed by atoms with van der Waals surface area (Å²) in [5.41, 5.74) is 0.863. The summed E-state index contributed by atoms with van der Waals surface area (Å²) in [7, 11) is 0. The van der Waals surface area contributed by atoms with Gasteiger partial charge in [0.1, 0.15) is 17.4 Å². The van der Waals surface area contributed by atoms with Crippen LogP contribution in [-0.2, 0) is 0 Å². The lowest BCUT2D eigenvalue weighted by molar-refractivity contribution is 0.475. The summed E-state index contributed by atoms with van der Waals surface area (Å²) < 4.78 is 27.8. The highest BCUT2D eigenvalue weighted by Gasteiger charge is 2.18. The first-order chi connectivity index (χ1) is 15.0. The summed E-state index contributed by atoms with van der Waals surface area (Å²) in [6, 6.07) is 18.5. The Bertz CT molecular complexity index is 1170. The van der Waals surface area contributed by atoms with Crippen LogP contribution in [0.15, 0.2) is 104 Å². The molecule has 3 aromatic rings. The van der Waals surface area contributed by atoms with Crippen molar-refractivity contribution in [2.24, 2.45) is 0 Å². The van der Waals surface area contributed by atoms with E-state index >= 15 is 0 Å². The van der Waals surface area contributed by atoms with Crippen LogP contribution in [0.1, 0.15) is 24.0 Å². The van der Waals surface area contributed by atoms with Crippen LogP contribution in [0.4, 0.5) is 8.78 Å². The van der Waals surface area contributed by atoms with Crippen LogP contribution in [-0.4, -0.2) is 15.7 Å². The van der Waals surface area contributed by atoms with Gasteiger partial charge in [-0.2, -0.15) is 0 Å². The summed E-state index contributed by atoms with van der Waals surface area (Å²) in [6.07, 6.45) is 4.48. The van der Waals surface area contributed by atoms with Gasteiger partial charge >= 0.3 is 5.78 Å². The lowest BCUT2D eigenvalue weighted by atomic mass is 10.0. The normalized spacial score (nSPS) is 13.5. The Morgan fingerprint density at radius 2 is 1.42 bits per heavy atom. The molecule has 0 heterocycles. The smallest absolute Gasteiger partial charge is 0.354 e. The quantitative estimate of drug-likeness (QED) is 0.316. The fourth-order valence-electron chi connectivity index (χ4n) is 3.05. The van der Waals surface area contributed by atoms with Gasteiger partial charge in [0.25, 0.3) is 0 Å². The van der Waals surface area contributed by atoms with Gasteiger partial charge in [0.15, 0.2) is 0 Å². The molecule has 0 saturated heterocycles. The summed E-state index contributed by atoms with van der Waals surface area (Å²) in [5, 5.41) is 9.36. The van der Waals surface area contributed by atoms with Gasteiger partial charge in [-0.25, -0.2) is 8.78 Å². The molecule has 0 bridgehead atoms. The molecule has 0 amide bonds. The van der Waals surface area contributed by atoms with Crippen molar-refractivity contribution < 1.29 is 18.7 Å². The Morgan fingerprint density at radius 3 is 2.03 bits per heavy atom. The van der Waals surface area contributed by atoms with E-state index < -0.39 is 5.82 Å². The van der Waals surface area contributed by atoms with Crippen LogP contribution >= 0.6 is 23.5 Å². The molecule has 0 aromatic heterocycles. The highest BCUT2D eigenvalue weighted by Crippen LogP contribution is 2.36. The van der Waals surface area contributed by atoms with Gasteiger partial charge in [-0.15, -0.1) is 0 Å². The van der Waals surface area contributed by atoms with Gasteiger partial charge < -0.3 is 5.11 Å². The van der Waals surface area contributed by atoms with Crippen molar-refractivity contribution in [3.05, 3.63) is 107 Å². The number of ketones is 1. The number of hydrogen-bond acceptors (Lipinski definition) is 3. The Hall–Kier alpha value is -2.83. The minimum absolute atomic E-state index is 0.0522. The van der Waals surface area contributed by atoms with Gasteiger partial charge in [-0.05, 0) is 90.2 Å². The van der Waals surface area contributed by atoms with Crippen LogP contribution in [0.5, 0.6) is 5.75 Å². The average Bonchev–Trinajstić information content (AvgIpc) is 2.78. The van der Waals surface area contributed by atoms with Crippen molar-refractivity contribution in [3.63, 3.8) is 0 Å². The minimum atomic E-state index is -0.424. The molecule has 0 fully saturated rings. The maximum absolute atomic E-state index is 14.7. The van der Waals surface area contributed by atoms with Crippen molar-refractivity contribution in [2.45, 2.75) is 27.5 Å². The molecular formula is C25H19F2O2S2+. The van der Waals surface area contributed by atoms with Gasteiger partial charge in [0, 0.05) is 21.1 Å². The molecular weight excluding hydrogens is 434 g/mol. The van der Waals surface area contributed by atoms with Crippen LogP contribution in [0, 0.1) is 5.82 Å². The SMILES string of the molecule is Oc1ccc(C(=[OH+])c2ccc(Sc3ccc(SC4=CC=C(F)CC4)cc3)c(F)c2)cc1. The predicted molar refractivity (Wildman–Crippen MR) is 123 cm³/mol. The van der Waals surface area contributed by atoms with E-state index in [1.165, 1.54) is 36.0 Å². The molecule has 6 heteroatoms. The van der Waals surface area contributed by atoms with Crippen molar-refractivity contribution in [2.75, 3.05) is 0 Å². The molecule has 31 heavy (non-hydrogen) atoms. The van der Waals surface area contributed by atoms with E-state index in [0.717, 1.165) is 14.7 Å². The predicted octanol–water partition coefficient (Wildman–Crippen LogP) is 7.25. The summed E-state index contributed by atoms with van der Waals surface area (Å²) in [5.74, 6) is -0.464. The van der Waals surface area contributed by atoms with E-state index in [9.17, 15) is 18.7 Å². The van der Waals surface area contributed by atoms with Crippen LogP contribution in [0.25, 0.3) is 0 Å². The third-order valence-electron chi connectivity index (χ3n) is 4.71. The molecule has 0 saturated carbocycles. The van der Waals surface area contributed by atoms with Gasteiger partial charge in [-0.3, -0.25) is 4.79 Å². The van der Waals surface area contributed by atoms with E-state index in [4.69, 9.17) is 0 Å².